The van der Waals surface area contributed by atoms with Gasteiger partial charge in [0.15, 0.2) is 17.2 Å². The third kappa shape index (κ3) is 2.86. The van der Waals surface area contributed by atoms with Crippen LogP contribution in [0.25, 0.3) is 0 Å². The number of carbonyl (C=O) groups excluding carboxylic acids is 1. The first kappa shape index (κ1) is 16.1. The molecule has 2 aromatic rings. The molecule has 0 atom stereocenters. The SMILES string of the molecule is C=CCN1C(=O)/C(=N/N=C/c2ccc3c(c2)OCCO3)c2ccccc21. The topological polar surface area (TPSA) is 63.5 Å². The van der Waals surface area contributed by atoms with Crippen LogP contribution in [0.1, 0.15) is 11.1 Å². The van der Waals surface area contributed by atoms with Gasteiger partial charge in [-0.15, -0.1) is 11.7 Å². The number of carbonyl (C=O) groups is 1. The lowest BCUT2D eigenvalue weighted by molar-refractivity contribution is -0.112. The van der Waals surface area contributed by atoms with Gasteiger partial charge in [-0.2, -0.15) is 5.10 Å². The number of nitrogens with zero attached hydrogens (tertiary/aromatic N) is 3. The minimum atomic E-state index is -0.176. The van der Waals surface area contributed by atoms with E-state index in [-0.39, 0.29) is 5.91 Å². The molecule has 0 aromatic heterocycles. The van der Waals surface area contributed by atoms with Crippen molar-refractivity contribution >= 4 is 23.5 Å². The average Bonchev–Trinajstić information content (AvgIpc) is 2.94. The summed E-state index contributed by atoms with van der Waals surface area (Å²) < 4.78 is 11.1. The Morgan fingerprint density at radius 1 is 1.12 bits per heavy atom. The Hall–Kier alpha value is -3.41. The molecule has 6 heteroatoms. The molecule has 2 heterocycles. The molecule has 2 aliphatic rings. The molecule has 0 N–H and O–H groups in total. The number of para-hydroxylation sites is 1. The van der Waals surface area contributed by atoms with Crippen LogP contribution in [0.2, 0.25) is 0 Å². The first-order chi connectivity index (χ1) is 12.8. The number of fused-ring (bicyclic) bond motifs is 2. The highest BCUT2D eigenvalue weighted by Gasteiger charge is 2.32. The lowest BCUT2D eigenvalue weighted by Crippen LogP contribution is -2.30. The van der Waals surface area contributed by atoms with Gasteiger partial charge in [0.1, 0.15) is 13.2 Å². The molecular formula is C20H17N3O3. The fourth-order valence-corrected chi connectivity index (χ4v) is 2.96. The van der Waals surface area contributed by atoms with Crippen molar-refractivity contribution in [2.45, 2.75) is 0 Å². The minimum absolute atomic E-state index is 0.176. The molecule has 2 aromatic carbocycles. The minimum Gasteiger partial charge on any atom is -0.486 e. The van der Waals surface area contributed by atoms with Gasteiger partial charge in [0.05, 0.1) is 11.9 Å². The predicted molar refractivity (Wildman–Crippen MR) is 101 cm³/mol. The van der Waals surface area contributed by atoms with Crippen LogP contribution in [0.3, 0.4) is 0 Å². The van der Waals surface area contributed by atoms with Gasteiger partial charge in [0, 0.05) is 12.1 Å². The number of hydrogen-bond donors (Lipinski definition) is 0. The summed E-state index contributed by atoms with van der Waals surface area (Å²) in [7, 11) is 0. The molecule has 0 saturated heterocycles. The molecule has 6 nitrogen and oxygen atoms in total. The Morgan fingerprint density at radius 2 is 1.92 bits per heavy atom. The van der Waals surface area contributed by atoms with Gasteiger partial charge in [-0.3, -0.25) is 4.79 Å². The summed E-state index contributed by atoms with van der Waals surface area (Å²) in [5, 5.41) is 8.28. The normalized spacial score (nSPS) is 17.0. The predicted octanol–water partition coefficient (Wildman–Crippen LogP) is 2.81. The smallest absolute Gasteiger partial charge is 0.279 e. The molecule has 26 heavy (non-hydrogen) atoms. The Kier molecular flexibility index (Phi) is 4.23. The first-order valence-electron chi connectivity index (χ1n) is 8.31. The van der Waals surface area contributed by atoms with Crippen molar-refractivity contribution < 1.29 is 14.3 Å². The molecule has 2 aliphatic heterocycles. The van der Waals surface area contributed by atoms with E-state index >= 15 is 0 Å². The summed E-state index contributed by atoms with van der Waals surface area (Å²) in [4.78, 5) is 14.3. The number of benzene rings is 2. The van der Waals surface area contributed by atoms with Crippen LogP contribution >= 0.6 is 0 Å². The standard InChI is InChI=1S/C20H17N3O3/c1-2-9-23-16-6-4-3-5-15(16)19(20(23)24)22-21-13-14-7-8-17-18(12-14)26-11-10-25-17/h2-8,12-13H,1,9-11H2/b21-13+,22-19+. The van der Waals surface area contributed by atoms with Gasteiger partial charge in [-0.1, -0.05) is 24.3 Å². The highest BCUT2D eigenvalue weighted by molar-refractivity contribution is 6.54. The first-order valence-corrected chi connectivity index (χ1v) is 8.31. The molecule has 1 amide bonds. The summed E-state index contributed by atoms with van der Waals surface area (Å²) in [6.07, 6.45) is 3.29. The maximum Gasteiger partial charge on any atom is 0.279 e. The van der Waals surface area contributed by atoms with E-state index in [4.69, 9.17) is 9.47 Å². The van der Waals surface area contributed by atoms with Gasteiger partial charge in [0.2, 0.25) is 0 Å². The van der Waals surface area contributed by atoms with Crippen molar-refractivity contribution in [3.63, 3.8) is 0 Å². The zero-order valence-electron chi connectivity index (χ0n) is 14.1. The average molecular weight is 347 g/mol. The zero-order chi connectivity index (χ0) is 17.9. The van der Waals surface area contributed by atoms with Crippen LogP contribution in [0.15, 0.2) is 65.3 Å². The maximum absolute atomic E-state index is 12.6. The number of hydrogen-bond acceptors (Lipinski definition) is 5. The molecule has 0 spiro atoms. The number of rotatable bonds is 4. The molecular weight excluding hydrogens is 330 g/mol. The molecule has 4 rings (SSSR count). The van der Waals surface area contributed by atoms with E-state index in [1.807, 2.05) is 42.5 Å². The van der Waals surface area contributed by atoms with Crippen molar-refractivity contribution in [1.82, 2.24) is 0 Å². The molecule has 0 bridgehead atoms. The largest absolute Gasteiger partial charge is 0.486 e. The van der Waals surface area contributed by atoms with Crippen molar-refractivity contribution in [2.24, 2.45) is 10.2 Å². The van der Waals surface area contributed by atoms with Crippen molar-refractivity contribution in [3.05, 3.63) is 66.2 Å². The maximum atomic E-state index is 12.6. The fourth-order valence-electron chi connectivity index (χ4n) is 2.96. The van der Waals surface area contributed by atoms with Gasteiger partial charge >= 0.3 is 0 Å². The Bertz CT molecular complexity index is 934. The summed E-state index contributed by atoms with van der Waals surface area (Å²) in [6.45, 7) is 5.22. The Morgan fingerprint density at radius 3 is 2.77 bits per heavy atom. The van der Waals surface area contributed by atoms with Crippen LogP contribution in [0.5, 0.6) is 11.5 Å². The molecule has 0 aliphatic carbocycles. The van der Waals surface area contributed by atoms with E-state index in [0.29, 0.717) is 31.2 Å². The lowest BCUT2D eigenvalue weighted by Gasteiger charge is -2.18. The van der Waals surface area contributed by atoms with E-state index in [9.17, 15) is 4.79 Å². The molecule has 0 unspecified atom stereocenters. The summed E-state index contributed by atoms with van der Waals surface area (Å²) >= 11 is 0. The highest BCUT2D eigenvalue weighted by atomic mass is 16.6. The van der Waals surface area contributed by atoms with Crippen LogP contribution in [0, 0.1) is 0 Å². The Balaban J connectivity index is 1.61. The van der Waals surface area contributed by atoms with Crippen molar-refractivity contribution in [1.29, 1.82) is 0 Å². The summed E-state index contributed by atoms with van der Waals surface area (Å²) in [5.74, 6) is 1.23. The second-order valence-corrected chi connectivity index (χ2v) is 5.82. The van der Waals surface area contributed by atoms with E-state index < -0.39 is 0 Å². The number of ether oxygens (including phenoxy) is 2. The van der Waals surface area contributed by atoms with Gasteiger partial charge in [0.25, 0.3) is 5.91 Å². The van der Waals surface area contributed by atoms with Crippen LogP contribution in [-0.4, -0.2) is 37.6 Å². The second kappa shape index (κ2) is 6.84. The Labute approximate surface area is 151 Å². The summed E-state index contributed by atoms with van der Waals surface area (Å²) in [5.41, 5.74) is 2.75. The fraction of sp³-hybridized carbons (Fsp3) is 0.150. The van der Waals surface area contributed by atoms with Crippen LogP contribution in [-0.2, 0) is 4.79 Å². The van der Waals surface area contributed by atoms with E-state index in [0.717, 1.165) is 22.6 Å². The third-order valence-corrected chi connectivity index (χ3v) is 4.14. The van der Waals surface area contributed by atoms with Crippen molar-refractivity contribution in [3.8, 4) is 11.5 Å². The number of anilines is 1. The van der Waals surface area contributed by atoms with E-state index in [1.54, 1.807) is 17.2 Å². The van der Waals surface area contributed by atoms with Gasteiger partial charge < -0.3 is 14.4 Å². The van der Waals surface area contributed by atoms with Gasteiger partial charge in [-0.25, -0.2) is 0 Å². The molecule has 0 fully saturated rings. The van der Waals surface area contributed by atoms with Crippen molar-refractivity contribution in [2.75, 3.05) is 24.7 Å². The monoisotopic (exact) mass is 347 g/mol. The van der Waals surface area contributed by atoms with Gasteiger partial charge in [-0.05, 0) is 29.8 Å². The third-order valence-electron chi connectivity index (χ3n) is 4.14. The van der Waals surface area contributed by atoms with Crippen LogP contribution in [0.4, 0.5) is 5.69 Å². The second-order valence-electron chi connectivity index (χ2n) is 5.82. The van der Waals surface area contributed by atoms with E-state index in [2.05, 4.69) is 16.8 Å². The van der Waals surface area contributed by atoms with E-state index in [1.165, 1.54) is 0 Å². The molecule has 0 saturated carbocycles. The summed E-state index contributed by atoms with van der Waals surface area (Å²) in [6, 6.07) is 13.1. The molecule has 0 radical (unpaired) electrons. The lowest BCUT2D eigenvalue weighted by atomic mass is 10.1. The highest BCUT2D eigenvalue weighted by Crippen LogP contribution is 2.31. The number of amides is 1. The quantitative estimate of drug-likeness (QED) is 0.485. The molecule has 130 valence electrons. The van der Waals surface area contributed by atoms with Crippen LogP contribution < -0.4 is 14.4 Å². The zero-order valence-corrected chi connectivity index (χ0v) is 14.1.